The number of carbonyl (C=O) groups excluding carboxylic acids is 1. The molecule has 2 aromatic rings. The normalized spacial score (nSPS) is 25.2. The van der Waals surface area contributed by atoms with Crippen molar-refractivity contribution in [2.75, 3.05) is 13.1 Å². The summed E-state index contributed by atoms with van der Waals surface area (Å²) in [4.78, 5) is 14.8. The Morgan fingerprint density at radius 3 is 2.50 bits per heavy atom. The summed E-state index contributed by atoms with van der Waals surface area (Å²) < 4.78 is 0. The Morgan fingerprint density at radius 1 is 1.23 bits per heavy atom. The zero-order valence-corrected chi connectivity index (χ0v) is 16.0. The van der Waals surface area contributed by atoms with E-state index >= 15 is 0 Å². The van der Waals surface area contributed by atoms with E-state index in [-0.39, 0.29) is 17.4 Å². The number of nitrogens with one attached hydrogen (secondary N) is 2. The van der Waals surface area contributed by atoms with Crippen LogP contribution in [0, 0.1) is 24.7 Å². The fourth-order valence-corrected chi connectivity index (χ4v) is 4.23. The Morgan fingerprint density at radius 2 is 1.88 bits per heavy atom. The fourth-order valence-electron chi connectivity index (χ4n) is 4.23. The van der Waals surface area contributed by atoms with Gasteiger partial charge >= 0.3 is 0 Å². The predicted octanol–water partition coefficient (Wildman–Crippen LogP) is 2.98. The molecule has 2 fully saturated rings. The molecule has 2 N–H and O–H groups in total. The van der Waals surface area contributed by atoms with Crippen LogP contribution >= 0.6 is 0 Å². The highest BCUT2D eigenvalue weighted by molar-refractivity contribution is 5.83. The lowest BCUT2D eigenvalue weighted by Gasteiger charge is -2.23. The summed E-state index contributed by atoms with van der Waals surface area (Å²) in [6.45, 7) is 11.1. The van der Waals surface area contributed by atoms with E-state index in [1.54, 1.807) is 0 Å². The first-order valence-corrected chi connectivity index (χ1v) is 9.45. The number of piperidine rings is 1. The van der Waals surface area contributed by atoms with Crippen molar-refractivity contribution in [3.8, 4) is 11.3 Å². The summed E-state index contributed by atoms with van der Waals surface area (Å²) in [6.07, 6.45) is 1.93. The Hall–Kier alpha value is -2.14. The molecule has 1 aromatic heterocycles. The third-order valence-corrected chi connectivity index (χ3v) is 5.52. The number of hydrogen-bond donors (Lipinski definition) is 2. The molecule has 26 heavy (non-hydrogen) atoms. The molecule has 1 amide bonds. The minimum atomic E-state index is -0.145. The number of hydrogen-bond acceptors (Lipinski definition) is 3. The van der Waals surface area contributed by atoms with Crippen molar-refractivity contribution in [3.05, 3.63) is 41.6 Å². The van der Waals surface area contributed by atoms with Gasteiger partial charge < -0.3 is 5.32 Å². The van der Waals surface area contributed by atoms with Gasteiger partial charge in [0.15, 0.2) is 0 Å². The molecule has 138 valence electrons. The predicted molar refractivity (Wildman–Crippen MR) is 102 cm³/mol. The van der Waals surface area contributed by atoms with Gasteiger partial charge in [-0.3, -0.25) is 14.8 Å². The molecule has 1 aromatic carbocycles. The van der Waals surface area contributed by atoms with E-state index in [2.05, 4.69) is 51.6 Å². The average molecular weight is 352 g/mol. The molecule has 1 saturated carbocycles. The van der Waals surface area contributed by atoms with Gasteiger partial charge in [0.2, 0.25) is 5.91 Å². The highest BCUT2D eigenvalue weighted by Crippen LogP contribution is 2.52. The number of carbonyl (C=O) groups is 1. The number of aromatic amines is 1. The molecular formula is C21H28N4O. The van der Waals surface area contributed by atoms with Crippen LogP contribution in [-0.4, -0.2) is 39.6 Å². The van der Waals surface area contributed by atoms with E-state index in [1.807, 2.05) is 27.0 Å². The summed E-state index contributed by atoms with van der Waals surface area (Å²) in [6, 6.07) is 8.54. The van der Waals surface area contributed by atoms with Crippen molar-refractivity contribution in [1.29, 1.82) is 0 Å². The second-order valence-corrected chi connectivity index (χ2v) is 8.92. The van der Waals surface area contributed by atoms with Gasteiger partial charge in [-0.25, -0.2) is 0 Å². The number of aromatic nitrogens is 2. The van der Waals surface area contributed by atoms with Crippen molar-refractivity contribution >= 4 is 5.91 Å². The fraction of sp³-hybridized carbons (Fsp3) is 0.524. The number of benzene rings is 1. The van der Waals surface area contributed by atoms with Crippen LogP contribution in [0.4, 0.5) is 0 Å². The quantitative estimate of drug-likeness (QED) is 0.889. The van der Waals surface area contributed by atoms with E-state index in [1.165, 1.54) is 16.7 Å². The maximum absolute atomic E-state index is 12.4. The summed E-state index contributed by atoms with van der Waals surface area (Å²) in [5.74, 6) is 1.49. The Bertz CT molecular complexity index is 790. The van der Waals surface area contributed by atoms with Crippen molar-refractivity contribution in [3.63, 3.8) is 0 Å². The standard InChI is InChI=1S/C21H28N4O/c1-13-5-7-14(8-6-13)19-15(9-22-24-19)10-25-11-16-17(12-25)18(16)20(26)23-21(2,3)4/h5-9,16-18H,10-12H2,1-4H3,(H,22,24)(H,23,26)/t16-,17+,18?. The average Bonchev–Trinajstić information content (AvgIpc) is 2.90. The van der Waals surface area contributed by atoms with Gasteiger partial charge in [-0.2, -0.15) is 5.10 Å². The molecule has 1 saturated heterocycles. The van der Waals surface area contributed by atoms with E-state index in [9.17, 15) is 4.79 Å². The van der Waals surface area contributed by atoms with Crippen molar-refractivity contribution < 1.29 is 4.79 Å². The van der Waals surface area contributed by atoms with Gasteiger partial charge in [-0.1, -0.05) is 29.8 Å². The molecule has 2 heterocycles. The van der Waals surface area contributed by atoms with Gasteiger partial charge in [0.1, 0.15) is 0 Å². The molecule has 0 radical (unpaired) electrons. The molecular weight excluding hydrogens is 324 g/mol. The van der Waals surface area contributed by atoms with Crippen LogP contribution in [0.5, 0.6) is 0 Å². The minimum absolute atomic E-state index is 0.145. The highest BCUT2D eigenvalue weighted by atomic mass is 16.2. The Kier molecular flexibility index (Phi) is 4.14. The zero-order chi connectivity index (χ0) is 18.5. The number of amides is 1. The summed E-state index contributed by atoms with van der Waals surface area (Å²) in [5, 5.41) is 10.5. The molecule has 5 nitrogen and oxygen atoms in total. The summed E-state index contributed by atoms with van der Waals surface area (Å²) in [7, 11) is 0. The number of nitrogens with zero attached hydrogens (tertiary/aromatic N) is 2. The lowest BCUT2D eigenvalue weighted by atomic mass is 10.1. The van der Waals surface area contributed by atoms with Gasteiger partial charge in [0, 0.05) is 36.7 Å². The highest BCUT2D eigenvalue weighted by Gasteiger charge is 2.59. The van der Waals surface area contributed by atoms with Crippen LogP contribution in [0.2, 0.25) is 0 Å². The van der Waals surface area contributed by atoms with Crippen LogP contribution < -0.4 is 5.32 Å². The number of rotatable bonds is 4. The van der Waals surface area contributed by atoms with Crippen LogP contribution in [0.3, 0.4) is 0 Å². The molecule has 1 aliphatic heterocycles. The lowest BCUT2D eigenvalue weighted by Crippen LogP contribution is -2.43. The zero-order valence-electron chi connectivity index (χ0n) is 16.0. The van der Waals surface area contributed by atoms with E-state index < -0.39 is 0 Å². The van der Waals surface area contributed by atoms with Crippen LogP contribution in [-0.2, 0) is 11.3 Å². The monoisotopic (exact) mass is 352 g/mol. The van der Waals surface area contributed by atoms with Crippen molar-refractivity contribution in [2.45, 2.75) is 39.8 Å². The van der Waals surface area contributed by atoms with Crippen LogP contribution in [0.1, 0.15) is 31.9 Å². The maximum atomic E-state index is 12.4. The van der Waals surface area contributed by atoms with Crippen LogP contribution in [0.15, 0.2) is 30.5 Å². The third-order valence-electron chi connectivity index (χ3n) is 5.52. The van der Waals surface area contributed by atoms with Crippen LogP contribution in [0.25, 0.3) is 11.3 Å². The summed E-state index contributed by atoms with van der Waals surface area (Å²) >= 11 is 0. The smallest absolute Gasteiger partial charge is 0.224 e. The number of likely N-dealkylation sites (tertiary alicyclic amines) is 1. The van der Waals surface area contributed by atoms with Crippen molar-refractivity contribution in [2.24, 2.45) is 17.8 Å². The molecule has 5 heteroatoms. The largest absolute Gasteiger partial charge is 0.351 e. The maximum Gasteiger partial charge on any atom is 0.224 e. The second kappa shape index (κ2) is 6.23. The molecule has 0 bridgehead atoms. The van der Waals surface area contributed by atoms with Gasteiger partial charge in [0.25, 0.3) is 0 Å². The Balaban J connectivity index is 1.37. The van der Waals surface area contributed by atoms with E-state index in [4.69, 9.17) is 0 Å². The summed E-state index contributed by atoms with van der Waals surface area (Å²) in [5.41, 5.74) is 4.62. The molecule has 3 atom stereocenters. The number of H-pyrrole nitrogens is 1. The van der Waals surface area contributed by atoms with Gasteiger partial charge in [-0.15, -0.1) is 0 Å². The van der Waals surface area contributed by atoms with Gasteiger partial charge in [-0.05, 0) is 45.1 Å². The first kappa shape index (κ1) is 17.3. The second-order valence-electron chi connectivity index (χ2n) is 8.92. The van der Waals surface area contributed by atoms with Gasteiger partial charge in [0.05, 0.1) is 11.9 Å². The minimum Gasteiger partial charge on any atom is -0.351 e. The molecule has 2 aliphatic rings. The van der Waals surface area contributed by atoms with E-state index in [0.29, 0.717) is 11.8 Å². The number of aryl methyl sites for hydroxylation is 1. The van der Waals surface area contributed by atoms with Crippen molar-refractivity contribution in [1.82, 2.24) is 20.4 Å². The van der Waals surface area contributed by atoms with E-state index in [0.717, 1.165) is 25.3 Å². The number of fused-ring (bicyclic) bond motifs is 1. The molecule has 0 spiro atoms. The molecule has 4 rings (SSSR count). The topological polar surface area (TPSA) is 61.0 Å². The lowest BCUT2D eigenvalue weighted by molar-refractivity contribution is -0.124. The molecule has 1 aliphatic carbocycles. The Labute approximate surface area is 155 Å². The third kappa shape index (κ3) is 3.40. The first-order chi connectivity index (χ1) is 12.3. The molecule has 1 unspecified atom stereocenters. The SMILES string of the molecule is Cc1ccc(-c2[nH]ncc2CN2C[C@@H]3C(C(=O)NC(C)(C)C)[C@@H]3C2)cc1. The first-order valence-electron chi connectivity index (χ1n) is 9.45.